The van der Waals surface area contributed by atoms with E-state index >= 15 is 0 Å². The fourth-order valence-electron chi connectivity index (χ4n) is 2.11. The van der Waals surface area contributed by atoms with Crippen LogP contribution in [0.4, 0.5) is 13.2 Å². The van der Waals surface area contributed by atoms with E-state index in [1.807, 2.05) is 54.7 Å². The van der Waals surface area contributed by atoms with Crippen molar-refractivity contribution in [3.8, 4) is 5.75 Å². The van der Waals surface area contributed by atoms with Gasteiger partial charge in [0, 0.05) is 29.2 Å². The quantitative estimate of drug-likeness (QED) is 0.383. The number of thioether (sulfide) groups is 1. The minimum Gasteiger partial charge on any atom is -0.491 e. The Morgan fingerprint density at radius 3 is 2.29 bits per heavy atom. The Morgan fingerprint density at radius 2 is 1.65 bits per heavy atom. The monoisotopic (exact) mass is 448 g/mol. The van der Waals surface area contributed by atoms with Gasteiger partial charge in [-0.3, -0.25) is 9.97 Å². The summed E-state index contributed by atoms with van der Waals surface area (Å²) < 4.78 is 37.5. The number of halogens is 3. The van der Waals surface area contributed by atoms with Crippen molar-refractivity contribution >= 4 is 29.9 Å². The molecule has 162 valence electrons. The summed E-state index contributed by atoms with van der Waals surface area (Å²) in [4.78, 5) is 18.4. The van der Waals surface area contributed by atoms with Crippen LogP contribution in [0.1, 0.15) is 11.1 Å². The van der Waals surface area contributed by atoms with Gasteiger partial charge in [0.05, 0.1) is 12.8 Å². The third kappa shape index (κ3) is 9.81. The van der Waals surface area contributed by atoms with Gasteiger partial charge >= 0.3 is 12.1 Å². The van der Waals surface area contributed by atoms with Crippen LogP contribution in [0.25, 0.3) is 12.2 Å². The average molecular weight is 448 g/mol. The topological polar surface area (TPSA) is 72.3 Å². The molecule has 0 unspecified atom stereocenters. The molecule has 0 radical (unpaired) electrons. The molecule has 2 heterocycles. The van der Waals surface area contributed by atoms with Crippen LogP contribution in [0.2, 0.25) is 0 Å². The molecule has 0 amide bonds. The van der Waals surface area contributed by atoms with E-state index in [4.69, 9.17) is 14.6 Å². The second kappa shape index (κ2) is 12.4. The molecule has 2 aromatic heterocycles. The highest BCUT2D eigenvalue weighted by molar-refractivity contribution is 7.99. The van der Waals surface area contributed by atoms with E-state index in [1.54, 1.807) is 30.4 Å². The Balaban J connectivity index is 0.000000423. The molecule has 0 saturated carbocycles. The number of alkyl halides is 3. The number of benzene rings is 1. The van der Waals surface area contributed by atoms with Gasteiger partial charge in [0.15, 0.2) is 0 Å². The molecule has 0 aliphatic heterocycles. The Morgan fingerprint density at radius 1 is 1.00 bits per heavy atom. The summed E-state index contributed by atoms with van der Waals surface area (Å²) in [7, 11) is 0. The van der Waals surface area contributed by atoms with E-state index in [2.05, 4.69) is 22.1 Å². The lowest BCUT2D eigenvalue weighted by Gasteiger charge is -2.06. The van der Waals surface area contributed by atoms with Crippen LogP contribution in [-0.4, -0.2) is 39.6 Å². The van der Waals surface area contributed by atoms with E-state index in [9.17, 15) is 13.2 Å². The van der Waals surface area contributed by atoms with Gasteiger partial charge in [-0.15, -0.1) is 11.8 Å². The van der Waals surface area contributed by atoms with Crippen LogP contribution >= 0.6 is 11.8 Å². The Hall–Kier alpha value is -3.33. The maximum atomic E-state index is 10.6. The number of carboxylic acid groups (broad SMARTS) is 1. The largest absolute Gasteiger partial charge is 0.491 e. The number of carbonyl (C=O) groups is 1. The molecule has 0 atom stereocenters. The van der Waals surface area contributed by atoms with Gasteiger partial charge in [-0.25, -0.2) is 4.79 Å². The fraction of sp³-hybridized carbons (Fsp3) is 0.136. The molecule has 1 aromatic carbocycles. The molecule has 3 aromatic rings. The molecule has 3 rings (SSSR count). The third-order valence-electron chi connectivity index (χ3n) is 3.52. The van der Waals surface area contributed by atoms with Crippen molar-refractivity contribution in [2.24, 2.45) is 0 Å². The summed E-state index contributed by atoms with van der Waals surface area (Å²) in [6.45, 7) is 0.652. The lowest BCUT2D eigenvalue weighted by molar-refractivity contribution is -0.192. The van der Waals surface area contributed by atoms with E-state index in [0.717, 1.165) is 22.6 Å². The van der Waals surface area contributed by atoms with Gasteiger partial charge in [-0.1, -0.05) is 30.4 Å². The third-order valence-corrected chi connectivity index (χ3v) is 4.49. The highest BCUT2D eigenvalue weighted by Crippen LogP contribution is 2.18. The lowest BCUT2D eigenvalue weighted by atomic mass is 10.2. The van der Waals surface area contributed by atoms with Crippen LogP contribution in [0.15, 0.2) is 78.2 Å². The number of aliphatic carboxylic acids is 1. The van der Waals surface area contributed by atoms with E-state index in [-0.39, 0.29) is 0 Å². The van der Waals surface area contributed by atoms with E-state index < -0.39 is 12.1 Å². The zero-order chi connectivity index (χ0) is 22.5. The minimum absolute atomic E-state index is 0.652. The summed E-state index contributed by atoms with van der Waals surface area (Å²) in [6, 6.07) is 16.3. The SMILES string of the molecule is C(=Cc1cncc(OCCSc2ccccc2)c1)c1ccncc1.O=C(O)C(F)(F)F. The predicted molar refractivity (Wildman–Crippen MR) is 114 cm³/mol. The van der Waals surface area contributed by atoms with Crippen molar-refractivity contribution in [3.63, 3.8) is 0 Å². The second-order valence-electron chi connectivity index (χ2n) is 5.88. The van der Waals surface area contributed by atoms with Crippen molar-refractivity contribution in [3.05, 3.63) is 84.4 Å². The molecule has 0 bridgehead atoms. The maximum Gasteiger partial charge on any atom is 0.490 e. The molecule has 0 fully saturated rings. The standard InChI is InChI=1S/C20H18N2OS.C2HF3O2/c1-2-4-20(5-3-1)24-13-12-23-19-14-18(15-22-16-19)7-6-17-8-10-21-11-9-17;3-2(4,5)1(6)7/h1-11,14-16H,12-13H2;(H,6,7). The van der Waals surface area contributed by atoms with Gasteiger partial charge in [0.25, 0.3) is 0 Å². The number of aromatic nitrogens is 2. The minimum atomic E-state index is -5.08. The van der Waals surface area contributed by atoms with Gasteiger partial charge in [0.2, 0.25) is 0 Å². The van der Waals surface area contributed by atoms with Gasteiger partial charge < -0.3 is 9.84 Å². The molecular weight excluding hydrogens is 429 g/mol. The Bertz CT molecular complexity index is 968. The molecule has 0 aliphatic rings. The van der Waals surface area contributed by atoms with Crippen LogP contribution in [0.3, 0.4) is 0 Å². The number of hydrogen-bond donors (Lipinski definition) is 1. The summed E-state index contributed by atoms with van der Waals surface area (Å²) in [5.41, 5.74) is 2.12. The van der Waals surface area contributed by atoms with Crippen molar-refractivity contribution in [2.75, 3.05) is 12.4 Å². The number of carboxylic acids is 1. The fourth-order valence-corrected chi connectivity index (χ4v) is 2.86. The van der Waals surface area contributed by atoms with Crippen molar-refractivity contribution in [2.45, 2.75) is 11.1 Å². The van der Waals surface area contributed by atoms with E-state index in [0.29, 0.717) is 6.61 Å². The highest BCUT2D eigenvalue weighted by Gasteiger charge is 2.38. The number of rotatable bonds is 7. The van der Waals surface area contributed by atoms with Gasteiger partial charge in [0.1, 0.15) is 5.75 Å². The number of nitrogens with zero attached hydrogens (tertiary/aromatic N) is 2. The molecule has 31 heavy (non-hydrogen) atoms. The summed E-state index contributed by atoms with van der Waals surface area (Å²) in [5.74, 6) is -1.06. The number of ether oxygens (including phenoxy) is 1. The molecule has 5 nitrogen and oxygen atoms in total. The maximum absolute atomic E-state index is 10.6. The van der Waals surface area contributed by atoms with Crippen molar-refractivity contribution in [1.29, 1.82) is 0 Å². The van der Waals surface area contributed by atoms with Gasteiger partial charge in [-0.2, -0.15) is 13.2 Å². The molecule has 0 spiro atoms. The van der Waals surface area contributed by atoms with E-state index in [1.165, 1.54) is 4.90 Å². The van der Waals surface area contributed by atoms with Crippen LogP contribution in [0, 0.1) is 0 Å². The number of pyridine rings is 2. The van der Waals surface area contributed by atoms with Crippen molar-refractivity contribution < 1.29 is 27.8 Å². The smallest absolute Gasteiger partial charge is 0.490 e. The molecule has 0 aliphatic carbocycles. The first-order valence-corrected chi connectivity index (χ1v) is 9.97. The summed E-state index contributed by atoms with van der Waals surface area (Å²) in [5, 5.41) is 7.12. The first-order valence-electron chi connectivity index (χ1n) is 8.98. The zero-order valence-corrected chi connectivity index (χ0v) is 17.0. The molecular formula is C22H19F3N2O3S. The Kier molecular flexibility index (Phi) is 9.57. The Labute approximate surface area is 181 Å². The predicted octanol–water partition coefficient (Wildman–Crippen LogP) is 5.45. The first-order chi connectivity index (χ1) is 14.8. The molecule has 9 heteroatoms. The normalized spacial score (nSPS) is 10.9. The highest BCUT2D eigenvalue weighted by atomic mass is 32.2. The molecule has 0 saturated heterocycles. The lowest BCUT2D eigenvalue weighted by Crippen LogP contribution is -2.21. The first kappa shape index (κ1) is 23.9. The van der Waals surface area contributed by atoms with Crippen LogP contribution in [-0.2, 0) is 4.79 Å². The average Bonchev–Trinajstić information content (AvgIpc) is 2.77. The van der Waals surface area contributed by atoms with Gasteiger partial charge in [-0.05, 0) is 41.5 Å². The van der Waals surface area contributed by atoms with Crippen LogP contribution < -0.4 is 4.74 Å². The second-order valence-corrected chi connectivity index (χ2v) is 7.05. The number of hydrogen-bond acceptors (Lipinski definition) is 5. The van der Waals surface area contributed by atoms with Crippen LogP contribution in [0.5, 0.6) is 5.75 Å². The summed E-state index contributed by atoms with van der Waals surface area (Å²) in [6.07, 6.45) is 6.10. The van der Waals surface area contributed by atoms with Crippen molar-refractivity contribution in [1.82, 2.24) is 9.97 Å². The summed E-state index contributed by atoms with van der Waals surface area (Å²) >= 11 is 1.79. The molecule has 1 N–H and O–H groups in total. The zero-order valence-electron chi connectivity index (χ0n) is 16.2.